The molecule has 12 heteroatoms. The average molecular weight is 610 g/mol. The van der Waals surface area contributed by atoms with E-state index in [1.807, 2.05) is 27.7 Å². The maximum Gasteiger partial charge on any atom is 0.328 e. The summed E-state index contributed by atoms with van der Waals surface area (Å²) in [5.74, 6) is -3.39. The normalized spacial score (nSPS) is 35.0. The van der Waals surface area contributed by atoms with Crippen LogP contribution in [0, 0.1) is 11.3 Å². The molecule has 3 N–H and O–H groups in total. The van der Waals surface area contributed by atoms with Crippen LogP contribution in [0.3, 0.4) is 0 Å². The third-order valence-electron chi connectivity index (χ3n) is 8.79. The molecular weight excluding hydrogens is 562 g/mol. The van der Waals surface area contributed by atoms with Crippen LogP contribution < -0.4 is 5.32 Å². The maximum absolute atomic E-state index is 13.4. The Morgan fingerprint density at radius 1 is 1.16 bits per heavy atom. The molecule has 43 heavy (non-hydrogen) atoms. The number of aliphatic carboxylic acids is 1. The summed E-state index contributed by atoms with van der Waals surface area (Å²) in [6, 6.07) is 0. The highest BCUT2D eigenvalue weighted by Gasteiger charge is 2.57. The van der Waals surface area contributed by atoms with Gasteiger partial charge >= 0.3 is 5.97 Å². The molecule has 0 saturated carbocycles. The number of unbranched alkanes of at least 4 members (excludes halogenated alkanes) is 1. The van der Waals surface area contributed by atoms with E-state index in [-0.39, 0.29) is 37.4 Å². The molecule has 3 saturated heterocycles. The summed E-state index contributed by atoms with van der Waals surface area (Å²) >= 11 is 0. The Morgan fingerprint density at radius 3 is 2.51 bits per heavy atom. The van der Waals surface area contributed by atoms with Crippen molar-refractivity contribution in [1.29, 1.82) is 0 Å². The first kappa shape index (κ1) is 35.0. The molecule has 9 atom stereocenters. The first-order valence-electron chi connectivity index (χ1n) is 14.7. The number of ether oxygens (including phenoxy) is 6. The number of aliphatic hydroxyl groups is 1. The first-order chi connectivity index (χ1) is 20.3. The number of fused-ring (bicyclic) bond motifs is 1. The second-order valence-corrected chi connectivity index (χ2v) is 12.0. The minimum atomic E-state index is -1.70. The van der Waals surface area contributed by atoms with E-state index in [9.17, 15) is 19.5 Å². The molecule has 242 valence electrons. The zero-order valence-electron chi connectivity index (χ0n) is 25.9. The molecule has 3 aliphatic rings. The zero-order valence-corrected chi connectivity index (χ0v) is 25.9. The van der Waals surface area contributed by atoms with Crippen LogP contribution in [0.4, 0.5) is 0 Å². The average Bonchev–Trinajstić information content (AvgIpc) is 2.95. The Morgan fingerprint density at radius 2 is 1.88 bits per heavy atom. The summed E-state index contributed by atoms with van der Waals surface area (Å²) < 4.78 is 35.5. The number of amides is 1. The Bertz CT molecular complexity index is 1070. The lowest BCUT2D eigenvalue weighted by molar-refractivity contribution is -0.330. The third kappa shape index (κ3) is 8.18. The summed E-state index contributed by atoms with van der Waals surface area (Å²) in [6.07, 6.45) is 2.15. The summed E-state index contributed by atoms with van der Waals surface area (Å²) in [7, 11) is 2.93. The van der Waals surface area contributed by atoms with Crippen molar-refractivity contribution < 1.29 is 53.0 Å². The second-order valence-electron chi connectivity index (χ2n) is 12.0. The monoisotopic (exact) mass is 609 g/mol. The van der Waals surface area contributed by atoms with E-state index in [1.54, 1.807) is 19.3 Å². The van der Waals surface area contributed by atoms with Crippen molar-refractivity contribution in [3.8, 4) is 0 Å². The lowest BCUT2D eigenvalue weighted by Crippen LogP contribution is -2.69. The fourth-order valence-electron chi connectivity index (χ4n) is 5.92. The number of hydrogen-bond acceptors (Lipinski definition) is 10. The van der Waals surface area contributed by atoms with Gasteiger partial charge in [-0.25, -0.2) is 4.79 Å². The van der Waals surface area contributed by atoms with E-state index < -0.39 is 59.8 Å². The molecule has 0 bridgehead atoms. The van der Waals surface area contributed by atoms with E-state index in [4.69, 9.17) is 33.5 Å². The topological polar surface area (TPSA) is 159 Å². The molecule has 3 heterocycles. The first-order valence-corrected chi connectivity index (χ1v) is 14.7. The van der Waals surface area contributed by atoms with Crippen molar-refractivity contribution >= 4 is 17.7 Å². The maximum atomic E-state index is 13.4. The minimum absolute atomic E-state index is 0.00503. The molecule has 0 spiro atoms. The number of carbonyl (C=O) groups excluding carboxylic acids is 2. The lowest BCUT2D eigenvalue weighted by Gasteiger charge is -2.54. The van der Waals surface area contributed by atoms with Gasteiger partial charge in [0, 0.05) is 50.9 Å². The Labute approximate surface area is 253 Å². The molecule has 3 fully saturated rings. The van der Waals surface area contributed by atoms with Crippen molar-refractivity contribution in [2.45, 2.75) is 108 Å². The van der Waals surface area contributed by atoms with E-state index in [0.717, 1.165) is 11.6 Å². The fourth-order valence-corrected chi connectivity index (χ4v) is 5.92. The van der Waals surface area contributed by atoms with Crippen LogP contribution in [-0.2, 0) is 42.8 Å². The highest BCUT2D eigenvalue weighted by atomic mass is 16.7. The van der Waals surface area contributed by atoms with Gasteiger partial charge in [-0.2, -0.15) is 0 Å². The minimum Gasteiger partial charge on any atom is -0.478 e. The molecule has 0 aromatic rings. The standard InChI is InChI=1S/C31H47NO11/c1-18-16-31(39-7,43-20(3)19(18)2)26(36)28(37)32-29-25-24(40-17-41-29)27(38-6)30(4,5)22(42-25)15-21(33)13-11-9-8-10-12-14-23(34)35/h8,10,12,14,19-20,22,24-27,29,36H,1,9,11,13,15-17H2,2-7H3,(H,32,37)(H,34,35)/b10-8+,14-12+/t19-,20-,22-,24+,25+,26-,27-,29+,31-/m1/s1. The van der Waals surface area contributed by atoms with Gasteiger partial charge in [-0.3, -0.25) is 9.59 Å². The number of hydrogen-bond donors (Lipinski definition) is 3. The number of allylic oxidation sites excluding steroid dienone is 3. The van der Waals surface area contributed by atoms with Gasteiger partial charge in [0.15, 0.2) is 12.3 Å². The van der Waals surface area contributed by atoms with E-state index in [0.29, 0.717) is 19.3 Å². The molecule has 0 unspecified atom stereocenters. The number of carbonyl (C=O) groups is 3. The molecule has 1 amide bonds. The number of methoxy groups -OCH3 is 2. The van der Waals surface area contributed by atoms with Crippen LogP contribution in [0.1, 0.15) is 59.8 Å². The van der Waals surface area contributed by atoms with Gasteiger partial charge in [0.2, 0.25) is 5.79 Å². The van der Waals surface area contributed by atoms with Crippen LogP contribution in [0.2, 0.25) is 0 Å². The second kappa shape index (κ2) is 15.0. The molecule has 0 aromatic carbocycles. The van der Waals surface area contributed by atoms with Crippen molar-refractivity contribution in [1.82, 2.24) is 5.32 Å². The number of ketones is 1. The number of rotatable bonds is 13. The molecule has 3 aliphatic heterocycles. The van der Waals surface area contributed by atoms with E-state index >= 15 is 0 Å². The zero-order chi connectivity index (χ0) is 31.9. The van der Waals surface area contributed by atoms with Crippen molar-refractivity contribution in [2.24, 2.45) is 11.3 Å². The number of aliphatic hydroxyl groups excluding tert-OH is 1. The molecule has 0 aliphatic carbocycles. The van der Waals surface area contributed by atoms with Gasteiger partial charge in [0.1, 0.15) is 24.8 Å². The number of nitrogens with one attached hydrogen (secondary N) is 1. The predicted octanol–water partition coefficient (Wildman–Crippen LogP) is 2.64. The largest absolute Gasteiger partial charge is 0.478 e. The van der Waals surface area contributed by atoms with Gasteiger partial charge < -0.3 is 44.0 Å². The number of carboxylic acids is 1. The van der Waals surface area contributed by atoms with Crippen LogP contribution >= 0.6 is 0 Å². The lowest BCUT2D eigenvalue weighted by atomic mass is 9.72. The number of carboxylic acid groups (broad SMARTS) is 1. The highest BCUT2D eigenvalue weighted by Crippen LogP contribution is 2.43. The smallest absolute Gasteiger partial charge is 0.328 e. The Kier molecular flexibility index (Phi) is 12.2. The highest BCUT2D eigenvalue weighted by molar-refractivity contribution is 5.82. The van der Waals surface area contributed by atoms with Crippen molar-refractivity contribution in [3.63, 3.8) is 0 Å². The SMILES string of the molecule is C=C1C[C@](OC)([C@H](O)C(=O)N[C@H]2OCO[C@H]3[C@@H]2O[C@H](CC(=O)CCC/C=C/C=C/C(=O)O)C(C)(C)[C@@H]3OC)O[C@H](C)[C@@H]1C. The third-order valence-corrected chi connectivity index (χ3v) is 8.79. The van der Waals surface area contributed by atoms with Gasteiger partial charge in [-0.05, 0) is 19.8 Å². The van der Waals surface area contributed by atoms with Crippen LogP contribution in [-0.4, -0.2) is 97.5 Å². The van der Waals surface area contributed by atoms with Crippen LogP contribution in [0.15, 0.2) is 36.5 Å². The summed E-state index contributed by atoms with van der Waals surface area (Å²) in [4.78, 5) is 36.9. The molecular formula is C31H47NO11. The van der Waals surface area contributed by atoms with Gasteiger partial charge in [0.05, 0.1) is 18.3 Å². The van der Waals surface area contributed by atoms with Gasteiger partial charge in [0.25, 0.3) is 5.91 Å². The summed E-state index contributed by atoms with van der Waals surface area (Å²) in [6.45, 7) is 11.6. The Balaban J connectivity index is 1.68. The van der Waals surface area contributed by atoms with Crippen LogP contribution in [0.5, 0.6) is 0 Å². The van der Waals surface area contributed by atoms with Crippen molar-refractivity contribution in [3.05, 3.63) is 36.5 Å². The number of Topliss-reactive ketones (excluding diaryl/α,β-unsaturated/α-hetero) is 1. The molecule has 0 aromatic heterocycles. The predicted molar refractivity (Wildman–Crippen MR) is 155 cm³/mol. The molecule has 0 radical (unpaired) electrons. The Hall–Kier alpha value is -2.45. The van der Waals surface area contributed by atoms with E-state index in [1.165, 1.54) is 13.2 Å². The summed E-state index contributed by atoms with van der Waals surface area (Å²) in [5.41, 5.74) is 0.177. The molecule has 12 nitrogen and oxygen atoms in total. The van der Waals surface area contributed by atoms with Crippen LogP contribution in [0.25, 0.3) is 0 Å². The van der Waals surface area contributed by atoms with E-state index in [2.05, 4.69) is 11.9 Å². The van der Waals surface area contributed by atoms with Gasteiger partial charge in [-0.1, -0.05) is 51.2 Å². The fraction of sp³-hybridized carbons (Fsp3) is 0.710. The summed E-state index contributed by atoms with van der Waals surface area (Å²) in [5, 5.41) is 22.5. The molecule has 3 rings (SSSR count). The van der Waals surface area contributed by atoms with Gasteiger partial charge in [-0.15, -0.1) is 0 Å². The quantitative estimate of drug-likeness (QED) is 0.122. The van der Waals surface area contributed by atoms with Crippen molar-refractivity contribution in [2.75, 3.05) is 21.0 Å².